The molecular weight excluding hydrogens is 390 g/mol. The van der Waals surface area contributed by atoms with E-state index in [4.69, 9.17) is 26.7 Å². The Bertz CT molecular complexity index is 987. The van der Waals surface area contributed by atoms with Crippen molar-refractivity contribution in [1.29, 1.82) is 0 Å². The van der Waals surface area contributed by atoms with Gasteiger partial charge < -0.3 is 19.7 Å². The Kier molecular flexibility index (Phi) is 4.78. The van der Waals surface area contributed by atoms with Gasteiger partial charge in [0.1, 0.15) is 5.01 Å². The number of thiocarbonyl (C=S) groups is 1. The molecule has 144 valence electrons. The molecule has 28 heavy (non-hydrogen) atoms. The van der Waals surface area contributed by atoms with Gasteiger partial charge in [-0.15, -0.1) is 11.3 Å². The van der Waals surface area contributed by atoms with Crippen molar-refractivity contribution >= 4 is 38.9 Å². The molecule has 0 unspecified atom stereocenters. The van der Waals surface area contributed by atoms with Gasteiger partial charge in [-0.1, -0.05) is 18.2 Å². The van der Waals surface area contributed by atoms with Crippen molar-refractivity contribution in [3.8, 4) is 11.5 Å². The Balaban J connectivity index is 1.30. The second kappa shape index (κ2) is 7.56. The summed E-state index contributed by atoms with van der Waals surface area (Å²) in [5.74, 6) is 1.61. The SMILES string of the molecule is S=C(NCc1ccc2c(c1)OCO2)N1CCCC[C@@H]1c1nc2ccccc2s1. The van der Waals surface area contributed by atoms with Gasteiger partial charge in [-0.25, -0.2) is 4.98 Å². The van der Waals surface area contributed by atoms with Crippen LogP contribution < -0.4 is 14.8 Å². The van der Waals surface area contributed by atoms with E-state index >= 15 is 0 Å². The number of piperidine rings is 1. The second-order valence-electron chi connectivity index (χ2n) is 7.07. The standard InChI is InChI=1S/C21H21N3O2S2/c27-21(22-12-14-8-9-17-18(11-14)26-13-25-17)24-10-4-3-6-16(24)20-23-15-5-1-2-7-19(15)28-20/h1-2,5,7-9,11,16H,3-4,6,10,12-13H2,(H,22,27)/t16-/m1/s1. The Morgan fingerprint density at radius 1 is 1.18 bits per heavy atom. The van der Waals surface area contributed by atoms with Gasteiger partial charge >= 0.3 is 0 Å². The van der Waals surface area contributed by atoms with Crippen LogP contribution in [0, 0.1) is 0 Å². The first-order valence-electron chi connectivity index (χ1n) is 9.56. The summed E-state index contributed by atoms with van der Waals surface area (Å²) in [6.07, 6.45) is 3.46. The molecule has 2 aromatic carbocycles. The number of benzene rings is 2. The van der Waals surface area contributed by atoms with Gasteiger partial charge in [-0.2, -0.15) is 0 Å². The summed E-state index contributed by atoms with van der Waals surface area (Å²) in [4.78, 5) is 7.19. The molecular formula is C21H21N3O2S2. The van der Waals surface area contributed by atoms with Crippen LogP contribution >= 0.6 is 23.6 Å². The van der Waals surface area contributed by atoms with E-state index in [9.17, 15) is 0 Å². The monoisotopic (exact) mass is 411 g/mol. The summed E-state index contributed by atoms with van der Waals surface area (Å²) in [7, 11) is 0. The lowest BCUT2D eigenvalue weighted by Gasteiger charge is -2.36. The lowest BCUT2D eigenvalue weighted by molar-refractivity contribution is 0.174. The Morgan fingerprint density at radius 3 is 3.00 bits per heavy atom. The molecule has 2 aliphatic rings. The van der Waals surface area contributed by atoms with Crippen molar-refractivity contribution in [2.75, 3.05) is 13.3 Å². The van der Waals surface area contributed by atoms with Gasteiger partial charge in [-0.3, -0.25) is 0 Å². The van der Waals surface area contributed by atoms with E-state index in [-0.39, 0.29) is 6.04 Å². The third-order valence-electron chi connectivity index (χ3n) is 5.24. The number of rotatable bonds is 3. The number of likely N-dealkylation sites (tertiary alicyclic amines) is 1. The number of nitrogens with one attached hydrogen (secondary N) is 1. The van der Waals surface area contributed by atoms with Crippen molar-refractivity contribution in [3.05, 3.63) is 53.0 Å². The van der Waals surface area contributed by atoms with Crippen LogP contribution in [0.2, 0.25) is 0 Å². The summed E-state index contributed by atoms with van der Waals surface area (Å²) < 4.78 is 12.1. The van der Waals surface area contributed by atoms with E-state index in [2.05, 4.69) is 28.4 Å². The number of thiazole rings is 1. The average Bonchev–Trinajstić information content (AvgIpc) is 3.38. The zero-order chi connectivity index (χ0) is 18.9. The fourth-order valence-corrected chi connectivity index (χ4v) is 5.20. The van der Waals surface area contributed by atoms with Crippen LogP contribution in [0.4, 0.5) is 0 Å². The molecule has 2 aliphatic heterocycles. The molecule has 7 heteroatoms. The molecule has 0 radical (unpaired) electrons. The number of ether oxygens (including phenoxy) is 2. The molecule has 1 fully saturated rings. The molecule has 1 N–H and O–H groups in total. The predicted molar refractivity (Wildman–Crippen MR) is 115 cm³/mol. The Hall–Kier alpha value is -2.38. The minimum Gasteiger partial charge on any atom is -0.454 e. The maximum Gasteiger partial charge on any atom is 0.231 e. The molecule has 5 rings (SSSR count). The summed E-state index contributed by atoms with van der Waals surface area (Å²) in [6.45, 7) is 1.92. The molecule has 3 aromatic rings. The highest BCUT2D eigenvalue weighted by molar-refractivity contribution is 7.80. The lowest BCUT2D eigenvalue weighted by atomic mass is 10.0. The highest BCUT2D eigenvalue weighted by atomic mass is 32.1. The molecule has 1 aromatic heterocycles. The Labute approximate surface area is 173 Å². The van der Waals surface area contributed by atoms with E-state index in [0.717, 1.165) is 52.1 Å². The first-order valence-corrected chi connectivity index (χ1v) is 10.8. The predicted octanol–water partition coefficient (Wildman–Crippen LogP) is 4.63. The van der Waals surface area contributed by atoms with Crippen molar-refractivity contribution in [2.24, 2.45) is 0 Å². The van der Waals surface area contributed by atoms with Crippen LogP contribution in [0.15, 0.2) is 42.5 Å². The van der Waals surface area contributed by atoms with Crippen molar-refractivity contribution in [2.45, 2.75) is 31.8 Å². The topological polar surface area (TPSA) is 46.6 Å². The zero-order valence-corrected chi connectivity index (χ0v) is 17.0. The largest absolute Gasteiger partial charge is 0.454 e. The first-order chi connectivity index (χ1) is 13.8. The summed E-state index contributed by atoms with van der Waals surface area (Å²) in [5.41, 5.74) is 2.20. The minimum atomic E-state index is 0.253. The maximum atomic E-state index is 5.77. The fraction of sp³-hybridized carbons (Fsp3) is 0.333. The first kappa shape index (κ1) is 17.7. The van der Waals surface area contributed by atoms with E-state index in [0.29, 0.717) is 13.3 Å². The van der Waals surface area contributed by atoms with Gasteiger partial charge in [0, 0.05) is 13.1 Å². The number of aromatic nitrogens is 1. The van der Waals surface area contributed by atoms with Crippen LogP contribution in [0.5, 0.6) is 11.5 Å². The maximum absolute atomic E-state index is 5.77. The minimum absolute atomic E-state index is 0.253. The molecule has 0 aliphatic carbocycles. The second-order valence-corrected chi connectivity index (χ2v) is 8.52. The van der Waals surface area contributed by atoms with Crippen LogP contribution in [-0.2, 0) is 6.54 Å². The number of hydrogen-bond acceptors (Lipinski definition) is 5. The molecule has 0 bridgehead atoms. The van der Waals surface area contributed by atoms with E-state index in [1.165, 1.54) is 11.1 Å². The molecule has 3 heterocycles. The van der Waals surface area contributed by atoms with Crippen LogP contribution in [-0.4, -0.2) is 28.3 Å². The van der Waals surface area contributed by atoms with Crippen molar-refractivity contribution in [1.82, 2.24) is 15.2 Å². The number of hydrogen-bond donors (Lipinski definition) is 1. The lowest BCUT2D eigenvalue weighted by Crippen LogP contribution is -2.44. The number of para-hydroxylation sites is 1. The van der Waals surface area contributed by atoms with Gasteiger partial charge in [0.15, 0.2) is 16.6 Å². The normalized spacial score (nSPS) is 18.4. The summed E-state index contributed by atoms with van der Waals surface area (Å²) in [6, 6.07) is 14.6. The van der Waals surface area contributed by atoms with Crippen molar-refractivity contribution < 1.29 is 9.47 Å². The summed E-state index contributed by atoms with van der Waals surface area (Å²) >= 11 is 7.55. The quantitative estimate of drug-likeness (QED) is 0.634. The van der Waals surface area contributed by atoms with Crippen molar-refractivity contribution in [3.63, 3.8) is 0 Å². The Morgan fingerprint density at radius 2 is 2.07 bits per heavy atom. The highest BCUT2D eigenvalue weighted by Crippen LogP contribution is 2.36. The third-order valence-corrected chi connectivity index (χ3v) is 6.76. The summed E-state index contributed by atoms with van der Waals surface area (Å²) in [5, 5.41) is 5.38. The van der Waals surface area contributed by atoms with E-state index in [1.807, 2.05) is 24.3 Å². The molecule has 1 saturated heterocycles. The number of nitrogens with zero attached hydrogens (tertiary/aromatic N) is 2. The molecule has 0 amide bonds. The van der Waals surface area contributed by atoms with Gasteiger partial charge in [-0.05, 0) is 61.3 Å². The van der Waals surface area contributed by atoms with Gasteiger partial charge in [0.2, 0.25) is 6.79 Å². The van der Waals surface area contributed by atoms with Crippen LogP contribution in [0.25, 0.3) is 10.2 Å². The zero-order valence-electron chi connectivity index (χ0n) is 15.4. The van der Waals surface area contributed by atoms with Gasteiger partial charge in [0.25, 0.3) is 0 Å². The molecule has 0 saturated carbocycles. The highest BCUT2D eigenvalue weighted by Gasteiger charge is 2.28. The molecule has 0 spiro atoms. The van der Waals surface area contributed by atoms with Gasteiger partial charge in [0.05, 0.1) is 16.3 Å². The molecule has 5 nitrogen and oxygen atoms in total. The molecule has 1 atom stereocenters. The van der Waals surface area contributed by atoms with Crippen LogP contribution in [0.1, 0.15) is 35.9 Å². The van der Waals surface area contributed by atoms with E-state index in [1.54, 1.807) is 11.3 Å². The average molecular weight is 412 g/mol. The van der Waals surface area contributed by atoms with Crippen LogP contribution in [0.3, 0.4) is 0 Å². The number of fused-ring (bicyclic) bond motifs is 2. The smallest absolute Gasteiger partial charge is 0.231 e. The van der Waals surface area contributed by atoms with E-state index < -0.39 is 0 Å². The fourth-order valence-electron chi connectivity index (χ4n) is 3.79. The third kappa shape index (κ3) is 3.40.